The Morgan fingerprint density at radius 3 is 2.03 bits per heavy atom. The van der Waals surface area contributed by atoms with Crippen molar-refractivity contribution in [2.45, 2.75) is 51.8 Å². The Morgan fingerprint density at radius 2 is 1.41 bits per heavy atom. The highest BCUT2D eigenvalue weighted by Crippen LogP contribution is 2.12. The van der Waals surface area contributed by atoms with Crippen LogP contribution in [0.15, 0.2) is 84.9 Å². The third-order valence-corrected chi connectivity index (χ3v) is 6.25. The van der Waals surface area contributed by atoms with Crippen LogP contribution in [0, 0.1) is 0 Å². The molecule has 0 aliphatic rings. The van der Waals surface area contributed by atoms with Gasteiger partial charge >= 0.3 is 0 Å². The van der Waals surface area contributed by atoms with Crippen LogP contribution >= 0.6 is 0 Å². The van der Waals surface area contributed by atoms with Crippen molar-refractivity contribution in [3.8, 4) is 0 Å². The van der Waals surface area contributed by atoms with Gasteiger partial charge in [0.2, 0.25) is 0 Å². The maximum Gasteiger partial charge on any atom is 0.253 e. The van der Waals surface area contributed by atoms with Crippen LogP contribution in [-0.4, -0.2) is 53.6 Å². The summed E-state index contributed by atoms with van der Waals surface area (Å²) < 4.78 is 0. The molecule has 2 unspecified atom stereocenters. The molecule has 0 radical (unpaired) electrons. The molecule has 6 heteroatoms. The summed E-state index contributed by atoms with van der Waals surface area (Å²) in [6.45, 7) is 6.42. The lowest BCUT2D eigenvalue weighted by atomic mass is 10.00. The SMILES string of the molecule is CCCN(CCC)C(=O)c1cccc(C(=O)NC(Cc2ccccc2)C(O)CNCc2ccccc2)c1. The molecular formula is C31H39N3O3. The van der Waals surface area contributed by atoms with Gasteiger partial charge in [0.25, 0.3) is 11.8 Å². The van der Waals surface area contributed by atoms with Crippen molar-refractivity contribution in [2.24, 2.45) is 0 Å². The van der Waals surface area contributed by atoms with Gasteiger partial charge in [0, 0.05) is 37.3 Å². The standard InChI is InChI=1S/C31H39N3O3/c1-3-18-34(19-4-2)31(37)27-17-11-16-26(21-27)30(36)33-28(20-24-12-7-5-8-13-24)29(35)23-32-22-25-14-9-6-10-15-25/h5-17,21,28-29,32,35H,3-4,18-20,22-23H2,1-2H3,(H,33,36). The van der Waals surface area contributed by atoms with Crippen molar-refractivity contribution >= 4 is 11.8 Å². The highest BCUT2D eigenvalue weighted by Gasteiger charge is 2.23. The van der Waals surface area contributed by atoms with E-state index in [2.05, 4.69) is 10.6 Å². The van der Waals surface area contributed by atoms with Crippen LogP contribution in [0.1, 0.15) is 58.5 Å². The molecule has 2 atom stereocenters. The average Bonchev–Trinajstić information content (AvgIpc) is 2.93. The summed E-state index contributed by atoms with van der Waals surface area (Å²) >= 11 is 0. The molecule has 0 saturated carbocycles. The molecule has 0 fully saturated rings. The topological polar surface area (TPSA) is 81.7 Å². The molecule has 0 saturated heterocycles. The minimum absolute atomic E-state index is 0.0654. The van der Waals surface area contributed by atoms with E-state index in [9.17, 15) is 14.7 Å². The van der Waals surface area contributed by atoms with Gasteiger partial charge in [0.15, 0.2) is 0 Å². The summed E-state index contributed by atoms with van der Waals surface area (Å²) in [5.74, 6) is -0.375. The van der Waals surface area contributed by atoms with Crippen LogP contribution in [0.2, 0.25) is 0 Å². The van der Waals surface area contributed by atoms with Crippen LogP contribution < -0.4 is 10.6 Å². The summed E-state index contributed by atoms with van der Waals surface area (Å²) in [5.41, 5.74) is 3.05. The first-order valence-electron chi connectivity index (χ1n) is 13.2. The molecule has 196 valence electrons. The van der Waals surface area contributed by atoms with Gasteiger partial charge in [0.1, 0.15) is 0 Å². The predicted molar refractivity (Wildman–Crippen MR) is 148 cm³/mol. The molecular weight excluding hydrogens is 462 g/mol. The maximum absolute atomic E-state index is 13.3. The fourth-order valence-corrected chi connectivity index (χ4v) is 4.34. The molecule has 0 spiro atoms. The molecule has 0 bridgehead atoms. The number of carbonyl (C=O) groups excluding carboxylic acids is 2. The zero-order valence-corrected chi connectivity index (χ0v) is 21.9. The van der Waals surface area contributed by atoms with E-state index < -0.39 is 12.1 Å². The minimum Gasteiger partial charge on any atom is -0.390 e. The summed E-state index contributed by atoms with van der Waals surface area (Å²) in [4.78, 5) is 28.2. The second-order valence-corrected chi connectivity index (χ2v) is 9.33. The van der Waals surface area contributed by atoms with Crippen molar-refractivity contribution in [3.05, 3.63) is 107 Å². The second-order valence-electron chi connectivity index (χ2n) is 9.33. The van der Waals surface area contributed by atoms with E-state index in [1.807, 2.05) is 79.4 Å². The van der Waals surface area contributed by atoms with Gasteiger partial charge in [-0.2, -0.15) is 0 Å². The number of hydrogen-bond acceptors (Lipinski definition) is 4. The first kappa shape index (κ1) is 28.1. The normalized spacial score (nSPS) is 12.5. The molecule has 0 aliphatic carbocycles. The zero-order chi connectivity index (χ0) is 26.5. The number of aliphatic hydroxyl groups excluding tert-OH is 1. The largest absolute Gasteiger partial charge is 0.390 e. The first-order chi connectivity index (χ1) is 18.0. The highest BCUT2D eigenvalue weighted by molar-refractivity contribution is 5.99. The second kappa shape index (κ2) is 14.9. The zero-order valence-electron chi connectivity index (χ0n) is 21.9. The molecule has 37 heavy (non-hydrogen) atoms. The lowest BCUT2D eigenvalue weighted by Crippen LogP contribution is -2.48. The van der Waals surface area contributed by atoms with Crippen molar-refractivity contribution < 1.29 is 14.7 Å². The lowest BCUT2D eigenvalue weighted by molar-refractivity contribution is 0.0755. The predicted octanol–water partition coefficient (Wildman–Crippen LogP) is 4.44. The monoisotopic (exact) mass is 501 g/mol. The van der Waals surface area contributed by atoms with E-state index in [0.717, 1.165) is 24.0 Å². The number of nitrogens with zero attached hydrogens (tertiary/aromatic N) is 1. The van der Waals surface area contributed by atoms with Gasteiger partial charge in [-0.25, -0.2) is 0 Å². The smallest absolute Gasteiger partial charge is 0.253 e. The highest BCUT2D eigenvalue weighted by atomic mass is 16.3. The first-order valence-corrected chi connectivity index (χ1v) is 13.2. The molecule has 2 amide bonds. The fourth-order valence-electron chi connectivity index (χ4n) is 4.34. The third kappa shape index (κ3) is 8.85. The Balaban J connectivity index is 1.71. The van der Waals surface area contributed by atoms with Crippen LogP contribution in [-0.2, 0) is 13.0 Å². The van der Waals surface area contributed by atoms with E-state index >= 15 is 0 Å². The molecule has 0 heterocycles. The van der Waals surface area contributed by atoms with Gasteiger partial charge in [-0.1, -0.05) is 80.6 Å². The Labute approximate surface area is 220 Å². The minimum atomic E-state index is -0.803. The molecule has 0 aromatic heterocycles. The van der Waals surface area contributed by atoms with Gasteiger partial charge in [-0.3, -0.25) is 9.59 Å². The molecule has 3 rings (SSSR count). The summed E-state index contributed by atoms with van der Waals surface area (Å²) in [5, 5.41) is 17.4. The van der Waals surface area contributed by atoms with E-state index in [0.29, 0.717) is 43.7 Å². The number of aliphatic hydroxyl groups is 1. The number of amides is 2. The molecule has 0 aliphatic heterocycles. The summed E-state index contributed by atoms with van der Waals surface area (Å²) in [6, 6.07) is 26.1. The van der Waals surface area contributed by atoms with E-state index in [4.69, 9.17) is 0 Å². The summed E-state index contributed by atoms with van der Waals surface area (Å²) in [6.07, 6.45) is 1.44. The van der Waals surface area contributed by atoms with Crippen molar-refractivity contribution in [1.82, 2.24) is 15.5 Å². The lowest BCUT2D eigenvalue weighted by Gasteiger charge is -2.25. The van der Waals surface area contributed by atoms with Crippen LogP contribution in [0.25, 0.3) is 0 Å². The number of rotatable bonds is 14. The van der Waals surface area contributed by atoms with E-state index in [1.165, 1.54) is 0 Å². The van der Waals surface area contributed by atoms with Crippen molar-refractivity contribution in [2.75, 3.05) is 19.6 Å². The van der Waals surface area contributed by atoms with E-state index in [1.54, 1.807) is 24.3 Å². The maximum atomic E-state index is 13.3. The number of benzene rings is 3. The van der Waals surface area contributed by atoms with Gasteiger partial charge < -0.3 is 20.6 Å². The van der Waals surface area contributed by atoms with Crippen molar-refractivity contribution in [1.29, 1.82) is 0 Å². The van der Waals surface area contributed by atoms with E-state index in [-0.39, 0.29) is 11.8 Å². The van der Waals surface area contributed by atoms with Crippen molar-refractivity contribution in [3.63, 3.8) is 0 Å². The Hall–Kier alpha value is -3.48. The van der Waals surface area contributed by atoms with Crippen LogP contribution in [0.3, 0.4) is 0 Å². The number of hydrogen-bond donors (Lipinski definition) is 3. The summed E-state index contributed by atoms with van der Waals surface area (Å²) in [7, 11) is 0. The van der Waals surface area contributed by atoms with Crippen LogP contribution in [0.5, 0.6) is 0 Å². The quantitative estimate of drug-likeness (QED) is 0.305. The third-order valence-electron chi connectivity index (χ3n) is 6.25. The molecule has 3 N–H and O–H groups in total. The van der Waals surface area contributed by atoms with Gasteiger partial charge in [-0.15, -0.1) is 0 Å². The number of nitrogens with one attached hydrogen (secondary N) is 2. The van der Waals surface area contributed by atoms with Crippen LogP contribution in [0.4, 0.5) is 0 Å². The fraction of sp³-hybridized carbons (Fsp3) is 0.355. The van der Waals surface area contributed by atoms with Gasteiger partial charge in [0.05, 0.1) is 12.1 Å². The Morgan fingerprint density at radius 1 is 0.811 bits per heavy atom. The Bertz CT molecular complexity index is 1100. The molecule has 6 nitrogen and oxygen atoms in total. The Kier molecular flexibility index (Phi) is 11.3. The van der Waals surface area contributed by atoms with Gasteiger partial charge in [-0.05, 0) is 48.6 Å². The molecule has 3 aromatic carbocycles. The average molecular weight is 502 g/mol. The molecule has 3 aromatic rings. The number of carbonyl (C=O) groups is 2.